The van der Waals surface area contributed by atoms with E-state index in [1.54, 1.807) is 13.1 Å². The number of imidazole rings is 1. The highest BCUT2D eigenvalue weighted by molar-refractivity contribution is 5.96. The summed E-state index contributed by atoms with van der Waals surface area (Å²) in [5.74, 6) is -1.02. The summed E-state index contributed by atoms with van der Waals surface area (Å²) in [4.78, 5) is 37.2. The van der Waals surface area contributed by atoms with E-state index < -0.39 is 30.3 Å². The standard InChI is InChI=1S/C24H23F4N5O4/c1-13-30-11-19(32-13)15-9-17(22(29)35)23(31-10-15)36-20-6-7-33(12-18(20)25)21(34)8-14-2-4-16(5-3-14)37-24(26,27)28/h2-5,9-11,18,20H,6-8,12H2,1H3,(H2,29,35)(H,30,32). The first-order valence-corrected chi connectivity index (χ1v) is 11.2. The summed E-state index contributed by atoms with van der Waals surface area (Å²) in [5, 5.41) is 0. The second-order valence-electron chi connectivity index (χ2n) is 8.49. The van der Waals surface area contributed by atoms with E-state index >= 15 is 0 Å². The molecule has 3 N–H and O–H groups in total. The first-order valence-electron chi connectivity index (χ1n) is 11.2. The van der Waals surface area contributed by atoms with E-state index in [1.165, 1.54) is 29.3 Å². The second-order valence-corrected chi connectivity index (χ2v) is 8.49. The van der Waals surface area contributed by atoms with Gasteiger partial charge in [0.25, 0.3) is 5.91 Å². The molecule has 2 aromatic heterocycles. The number of ether oxygens (including phenoxy) is 2. The van der Waals surface area contributed by atoms with Gasteiger partial charge in [0, 0.05) is 24.7 Å². The van der Waals surface area contributed by atoms with E-state index in [2.05, 4.69) is 19.7 Å². The number of pyridine rings is 1. The van der Waals surface area contributed by atoms with E-state index in [0.717, 1.165) is 12.1 Å². The normalized spacial score (nSPS) is 17.9. The fourth-order valence-corrected chi connectivity index (χ4v) is 3.92. The fourth-order valence-electron chi connectivity index (χ4n) is 3.92. The number of aromatic nitrogens is 3. The zero-order valence-electron chi connectivity index (χ0n) is 19.6. The van der Waals surface area contributed by atoms with Crippen LogP contribution in [0.3, 0.4) is 0 Å². The van der Waals surface area contributed by atoms with E-state index in [1.807, 2.05) is 0 Å². The van der Waals surface area contributed by atoms with E-state index in [-0.39, 0.29) is 43.3 Å². The van der Waals surface area contributed by atoms with Crippen molar-refractivity contribution in [3.05, 3.63) is 59.7 Å². The summed E-state index contributed by atoms with van der Waals surface area (Å²) in [6.45, 7) is 1.69. The van der Waals surface area contributed by atoms with E-state index in [9.17, 15) is 27.2 Å². The second kappa shape index (κ2) is 10.4. The molecule has 1 aromatic carbocycles. The molecular formula is C24H23F4N5O4. The molecule has 0 radical (unpaired) electrons. The van der Waals surface area contributed by atoms with Crippen LogP contribution in [0.2, 0.25) is 0 Å². The van der Waals surface area contributed by atoms with Gasteiger partial charge < -0.3 is 25.1 Å². The lowest BCUT2D eigenvalue weighted by Crippen LogP contribution is -2.49. The van der Waals surface area contributed by atoms with Gasteiger partial charge in [-0.2, -0.15) is 0 Å². The summed E-state index contributed by atoms with van der Waals surface area (Å²) in [6, 6.07) is 6.38. The maximum atomic E-state index is 15.0. The Labute approximate surface area is 208 Å². The van der Waals surface area contributed by atoms with Crippen molar-refractivity contribution in [1.29, 1.82) is 0 Å². The number of nitrogens with zero attached hydrogens (tertiary/aromatic N) is 3. The molecule has 13 heteroatoms. The molecule has 3 aromatic rings. The van der Waals surface area contributed by atoms with E-state index in [0.29, 0.717) is 22.6 Å². The first-order chi connectivity index (χ1) is 17.5. The topological polar surface area (TPSA) is 123 Å². The quantitative estimate of drug-likeness (QED) is 0.460. The van der Waals surface area contributed by atoms with Gasteiger partial charge in [0.05, 0.1) is 24.9 Å². The number of halogens is 4. The van der Waals surface area contributed by atoms with E-state index in [4.69, 9.17) is 10.5 Å². The minimum Gasteiger partial charge on any atom is -0.471 e. The number of amides is 2. The number of H-pyrrole nitrogens is 1. The third kappa shape index (κ3) is 6.54. The molecule has 1 aliphatic heterocycles. The van der Waals surface area contributed by atoms with Crippen LogP contribution in [0.25, 0.3) is 11.3 Å². The van der Waals surface area contributed by atoms with Gasteiger partial charge in [-0.15, -0.1) is 13.2 Å². The summed E-state index contributed by atoms with van der Waals surface area (Å²) in [7, 11) is 0. The van der Waals surface area contributed by atoms with Gasteiger partial charge >= 0.3 is 6.36 Å². The van der Waals surface area contributed by atoms with Crippen LogP contribution in [0.5, 0.6) is 11.6 Å². The highest BCUT2D eigenvalue weighted by Gasteiger charge is 2.34. The highest BCUT2D eigenvalue weighted by atomic mass is 19.4. The van der Waals surface area contributed by atoms with Crippen LogP contribution in [0.15, 0.2) is 42.7 Å². The molecular weight excluding hydrogens is 498 g/mol. The molecule has 1 saturated heterocycles. The van der Waals surface area contributed by atoms with Gasteiger partial charge in [0.1, 0.15) is 23.2 Å². The zero-order chi connectivity index (χ0) is 26.7. The average molecular weight is 521 g/mol. The van der Waals surface area contributed by atoms with Crippen molar-refractivity contribution in [2.45, 2.75) is 38.4 Å². The molecule has 0 bridgehead atoms. The van der Waals surface area contributed by atoms with Crippen LogP contribution < -0.4 is 15.2 Å². The number of hydrogen-bond donors (Lipinski definition) is 2. The molecule has 2 amide bonds. The number of aryl methyl sites for hydroxylation is 1. The maximum Gasteiger partial charge on any atom is 0.573 e. The number of piperidine rings is 1. The molecule has 3 heterocycles. The number of likely N-dealkylation sites (tertiary alicyclic amines) is 1. The average Bonchev–Trinajstić information content (AvgIpc) is 3.27. The Balaban J connectivity index is 1.37. The Morgan fingerprint density at radius 3 is 2.51 bits per heavy atom. The van der Waals surface area contributed by atoms with Crippen molar-refractivity contribution >= 4 is 11.8 Å². The van der Waals surface area contributed by atoms with Gasteiger partial charge in [-0.3, -0.25) is 9.59 Å². The van der Waals surface area contributed by atoms with Crippen LogP contribution in [0.1, 0.15) is 28.2 Å². The fraction of sp³-hybridized carbons (Fsp3) is 0.333. The number of carbonyl (C=O) groups excluding carboxylic acids is 2. The van der Waals surface area contributed by atoms with Gasteiger partial charge in [-0.05, 0) is 30.7 Å². The summed E-state index contributed by atoms with van der Waals surface area (Å²) in [6.07, 6.45) is -4.31. The molecule has 1 fully saturated rings. The van der Waals surface area contributed by atoms with Gasteiger partial charge in [0.15, 0.2) is 6.17 Å². The van der Waals surface area contributed by atoms with Crippen molar-refractivity contribution < 1.29 is 36.6 Å². The zero-order valence-corrected chi connectivity index (χ0v) is 19.6. The van der Waals surface area contributed by atoms with Crippen LogP contribution in [0, 0.1) is 6.92 Å². The smallest absolute Gasteiger partial charge is 0.471 e. The molecule has 2 atom stereocenters. The molecule has 0 saturated carbocycles. The third-order valence-corrected chi connectivity index (χ3v) is 5.74. The van der Waals surface area contributed by atoms with Crippen molar-refractivity contribution in [2.75, 3.05) is 13.1 Å². The Kier molecular flexibility index (Phi) is 7.32. The highest BCUT2D eigenvalue weighted by Crippen LogP contribution is 2.27. The summed E-state index contributed by atoms with van der Waals surface area (Å²) in [5.41, 5.74) is 7.10. The minimum atomic E-state index is -4.81. The monoisotopic (exact) mass is 521 g/mol. The molecule has 0 aliphatic carbocycles. The Bertz CT molecular complexity index is 1280. The number of alkyl halides is 4. The lowest BCUT2D eigenvalue weighted by molar-refractivity contribution is -0.274. The molecule has 37 heavy (non-hydrogen) atoms. The van der Waals surface area contributed by atoms with Crippen molar-refractivity contribution in [1.82, 2.24) is 19.9 Å². The number of hydrogen-bond acceptors (Lipinski definition) is 6. The van der Waals surface area contributed by atoms with Crippen molar-refractivity contribution in [2.24, 2.45) is 5.73 Å². The van der Waals surface area contributed by atoms with Crippen molar-refractivity contribution in [3.63, 3.8) is 0 Å². The molecule has 1 aliphatic rings. The van der Waals surface area contributed by atoms with Crippen LogP contribution in [-0.2, 0) is 11.2 Å². The third-order valence-electron chi connectivity index (χ3n) is 5.74. The Hall–Kier alpha value is -4.16. The largest absolute Gasteiger partial charge is 0.573 e. The molecule has 9 nitrogen and oxygen atoms in total. The Morgan fingerprint density at radius 1 is 1.19 bits per heavy atom. The lowest BCUT2D eigenvalue weighted by atomic mass is 10.0. The maximum absolute atomic E-state index is 15.0. The van der Waals surface area contributed by atoms with Gasteiger partial charge in [-0.25, -0.2) is 14.4 Å². The number of primary amides is 1. The number of carbonyl (C=O) groups is 2. The molecule has 0 spiro atoms. The molecule has 2 unspecified atom stereocenters. The molecule has 4 rings (SSSR count). The number of aromatic amines is 1. The first kappa shape index (κ1) is 25.9. The van der Waals surface area contributed by atoms with Crippen LogP contribution in [0.4, 0.5) is 17.6 Å². The van der Waals surface area contributed by atoms with Crippen LogP contribution in [-0.4, -0.2) is 63.4 Å². The summed E-state index contributed by atoms with van der Waals surface area (Å²) >= 11 is 0. The van der Waals surface area contributed by atoms with Crippen LogP contribution >= 0.6 is 0 Å². The number of benzene rings is 1. The predicted molar refractivity (Wildman–Crippen MR) is 122 cm³/mol. The number of nitrogens with one attached hydrogen (secondary N) is 1. The lowest BCUT2D eigenvalue weighted by Gasteiger charge is -2.34. The Morgan fingerprint density at radius 2 is 1.92 bits per heavy atom. The SMILES string of the molecule is Cc1ncc(-c2cnc(OC3CCN(C(=O)Cc4ccc(OC(F)(F)F)cc4)CC3F)c(C(N)=O)c2)[nH]1. The molecule has 196 valence electrons. The minimum absolute atomic E-state index is 0.0200. The van der Waals surface area contributed by atoms with Crippen molar-refractivity contribution in [3.8, 4) is 22.9 Å². The summed E-state index contributed by atoms with van der Waals surface area (Å²) < 4.78 is 61.4. The number of nitrogens with two attached hydrogens (primary N) is 1. The van der Waals surface area contributed by atoms with Gasteiger partial charge in [0.2, 0.25) is 11.8 Å². The number of rotatable bonds is 7. The predicted octanol–water partition coefficient (Wildman–Crippen LogP) is 3.34. The van der Waals surface area contributed by atoms with Gasteiger partial charge in [-0.1, -0.05) is 12.1 Å².